The average Bonchev–Trinajstić information content (AvgIpc) is 2.70. The summed E-state index contributed by atoms with van der Waals surface area (Å²) < 4.78 is 0. The maximum absolute atomic E-state index is 12.3. The fraction of sp³-hybridized carbons (Fsp3) is 0.923. The van der Waals surface area contributed by atoms with Gasteiger partial charge in [0.05, 0.1) is 6.04 Å². The van der Waals surface area contributed by atoms with Crippen LogP contribution in [0.25, 0.3) is 0 Å². The van der Waals surface area contributed by atoms with Crippen molar-refractivity contribution in [3.8, 4) is 0 Å². The third kappa shape index (κ3) is 2.99. The van der Waals surface area contributed by atoms with E-state index in [4.69, 9.17) is 0 Å². The van der Waals surface area contributed by atoms with E-state index in [9.17, 15) is 4.79 Å². The lowest BCUT2D eigenvalue weighted by Crippen LogP contribution is -2.53. The zero-order chi connectivity index (χ0) is 12.3. The van der Waals surface area contributed by atoms with Crippen molar-refractivity contribution >= 4 is 5.91 Å². The van der Waals surface area contributed by atoms with Gasteiger partial charge >= 0.3 is 0 Å². The SMILES string of the molecule is CCNC1CCCN(CC2CCCN2C)C1=O. The molecule has 2 unspecified atom stereocenters. The number of amides is 1. The van der Waals surface area contributed by atoms with Crippen LogP contribution in [0.3, 0.4) is 0 Å². The largest absolute Gasteiger partial charge is 0.340 e. The summed E-state index contributed by atoms with van der Waals surface area (Å²) in [4.78, 5) is 16.7. The molecule has 2 rings (SSSR count). The fourth-order valence-corrected chi connectivity index (χ4v) is 3.02. The van der Waals surface area contributed by atoms with Crippen LogP contribution in [-0.2, 0) is 4.79 Å². The van der Waals surface area contributed by atoms with E-state index in [1.165, 1.54) is 19.4 Å². The van der Waals surface area contributed by atoms with Gasteiger partial charge in [-0.1, -0.05) is 6.92 Å². The molecule has 0 spiro atoms. The van der Waals surface area contributed by atoms with Crippen molar-refractivity contribution in [1.82, 2.24) is 15.1 Å². The van der Waals surface area contributed by atoms with Crippen LogP contribution >= 0.6 is 0 Å². The van der Waals surface area contributed by atoms with Gasteiger partial charge in [-0.05, 0) is 45.8 Å². The van der Waals surface area contributed by atoms with Crippen LogP contribution in [0.15, 0.2) is 0 Å². The lowest BCUT2D eigenvalue weighted by atomic mass is 10.0. The topological polar surface area (TPSA) is 35.6 Å². The van der Waals surface area contributed by atoms with Crippen molar-refractivity contribution in [2.24, 2.45) is 0 Å². The zero-order valence-corrected chi connectivity index (χ0v) is 11.1. The molecular weight excluding hydrogens is 214 g/mol. The molecule has 2 fully saturated rings. The summed E-state index contributed by atoms with van der Waals surface area (Å²) in [6, 6.07) is 0.653. The van der Waals surface area contributed by atoms with Crippen LogP contribution in [-0.4, -0.2) is 61.0 Å². The van der Waals surface area contributed by atoms with Crippen LogP contribution in [0.1, 0.15) is 32.6 Å². The number of likely N-dealkylation sites (N-methyl/N-ethyl adjacent to an activating group) is 2. The molecular formula is C13H25N3O. The molecule has 2 atom stereocenters. The molecule has 0 saturated carbocycles. The van der Waals surface area contributed by atoms with E-state index in [0.29, 0.717) is 11.9 Å². The van der Waals surface area contributed by atoms with Gasteiger partial charge in [-0.2, -0.15) is 0 Å². The Morgan fingerprint density at radius 3 is 2.71 bits per heavy atom. The molecule has 0 bridgehead atoms. The van der Waals surface area contributed by atoms with Crippen LogP contribution < -0.4 is 5.32 Å². The van der Waals surface area contributed by atoms with Gasteiger partial charge in [0.25, 0.3) is 0 Å². The summed E-state index contributed by atoms with van der Waals surface area (Å²) in [5.41, 5.74) is 0. The van der Waals surface area contributed by atoms with Crippen molar-refractivity contribution in [3.63, 3.8) is 0 Å². The number of nitrogens with zero attached hydrogens (tertiary/aromatic N) is 2. The molecule has 17 heavy (non-hydrogen) atoms. The number of hydrogen-bond acceptors (Lipinski definition) is 3. The van der Waals surface area contributed by atoms with Crippen molar-refractivity contribution in [3.05, 3.63) is 0 Å². The molecule has 4 nitrogen and oxygen atoms in total. The van der Waals surface area contributed by atoms with E-state index >= 15 is 0 Å². The summed E-state index contributed by atoms with van der Waals surface area (Å²) in [7, 11) is 2.17. The minimum absolute atomic E-state index is 0.0699. The molecule has 1 amide bonds. The predicted molar refractivity (Wildman–Crippen MR) is 68.9 cm³/mol. The molecule has 98 valence electrons. The predicted octanol–water partition coefficient (Wildman–Crippen LogP) is 0.681. The Bertz CT molecular complexity index is 267. The van der Waals surface area contributed by atoms with Gasteiger partial charge in [0, 0.05) is 19.1 Å². The van der Waals surface area contributed by atoms with Gasteiger partial charge in [0.15, 0.2) is 0 Å². The van der Waals surface area contributed by atoms with Crippen LogP contribution in [0.5, 0.6) is 0 Å². The van der Waals surface area contributed by atoms with Crippen molar-refractivity contribution in [2.75, 3.05) is 33.2 Å². The van der Waals surface area contributed by atoms with Crippen molar-refractivity contribution in [1.29, 1.82) is 0 Å². The minimum Gasteiger partial charge on any atom is -0.340 e. The first kappa shape index (κ1) is 12.8. The molecule has 0 aromatic heterocycles. The number of likely N-dealkylation sites (tertiary alicyclic amines) is 2. The van der Waals surface area contributed by atoms with Gasteiger partial charge in [0.2, 0.25) is 5.91 Å². The lowest BCUT2D eigenvalue weighted by Gasteiger charge is -2.35. The van der Waals surface area contributed by atoms with E-state index in [-0.39, 0.29) is 6.04 Å². The molecule has 4 heteroatoms. The Morgan fingerprint density at radius 2 is 2.06 bits per heavy atom. The van der Waals surface area contributed by atoms with Crippen molar-refractivity contribution in [2.45, 2.75) is 44.7 Å². The maximum atomic E-state index is 12.3. The highest BCUT2D eigenvalue weighted by Gasteiger charge is 2.31. The van der Waals surface area contributed by atoms with E-state index in [1.54, 1.807) is 0 Å². The van der Waals surface area contributed by atoms with E-state index < -0.39 is 0 Å². The first-order valence-electron chi connectivity index (χ1n) is 6.94. The molecule has 0 aromatic carbocycles. The molecule has 2 saturated heterocycles. The highest BCUT2D eigenvalue weighted by atomic mass is 16.2. The van der Waals surface area contributed by atoms with Gasteiger partial charge < -0.3 is 15.1 Å². The standard InChI is InChI=1S/C13H25N3O/c1-3-14-12-7-5-9-16(13(12)17)10-11-6-4-8-15(11)2/h11-12,14H,3-10H2,1-2H3. The Morgan fingerprint density at radius 1 is 1.29 bits per heavy atom. The Kier molecular flexibility index (Phi) is 4.40. The second kappa shape index (κ2) is 5.83. The first-order chi connectivity index (χ1) is 8.22. The Balaban J connectivity index is 1.89. The number of piperidine rings is 1. The van der Waals surface area contributed by atoms with Gasteiger partial charge in [0.1, 0.15) is 0 Å². The third-order valence-electron chi connectivity index (χ3n) is 4.08. The highest BCUT2D eigenvalue weighted by Crippen LogP contribution is 2.19. The number of rotatable bonds is 4. The fourth-order valence-electron chi connectivity index (χ4n) is 3.02. The molecule has 0 aromatic rings. The highest BCUT2D eigenvalue weighted by molar-refractivity contribution is 5.82. The van der Waals surface area contributed by atoms with E-state index in [0.717, 1.165) is 32.5 Å². The summed E-state index contributed by atoms with van der Waals surface area (Å²) in [6.07, 6.45) is 4.66. The quantitative estimate of drug-likeness (QED) is 0.784. The molecule has 0 aliphatic carbocycles. The Hall–Kier alpha value is -0.610. The summed E-state index contributed by atoms with van der Waals surface area (Å²) in [5, 5.41) is 3.30. The van der Waals surface area contributed by atoms with Gasteiger partial charge in [-0.15, -0.1) is 0 Å². The normalized spacial score (nSPS) is 31.2. The monoisotopic (exact) mass is 239 g/mol. The third-order valence-corrected chi connectivity index (χ3v) is 4.08. The molecule has 2 heterocycles. The van der Waals surface area contributed by atoms with Crippen LogP contribution in [0, 0.1) is 0 Å². The summed E-state index contributed by atoms with van der Waals surface area (Å²) in [5.74, 6) is 0.318. The second-order valence-electron chi connectivity index (χ2n) is 5.31. The molecule has 1 N–H and O–H groups in total. The minimum atomic E-state index is 0.0699. The van der Waals surface area contributed by atoms with Gasteiger partial charge in [-0.25, -0.2) is 0 Å². The lowest BCUT2D eigenvalue weighted by molar-refractivity contribution is -0.136. The first-order valence-corrected chi connectivity index (χ1v) is 6.94. The number of carbonyl (C=O) groups excluding carboxylic acids is 1. The zero-order valence-electron chi connectivity index (χ0n) is 11.1. The molecule has 0 radical (unpaired) electrons. The summed E-state index contributed by atoms with van der Waals surface area (Å²) >= 11 is 0. The average molecular weight is 239 g/mol. The number of hydrogen-bond donors (Lipinski definition) is 1. The van der Waals surface area contributed by atoms with E-state index in [1.807, 2.05) is 0 Å². The Labute approximate surface area is 104 Å². The van der Waals surface area contributed by atoms with Crippen LogP contribution in [0.2, 0.25) is 0 Å². The second-order valence-corrected chi connectivity index (χ2v) is 5.31. The van der Waals surface area contributed by atoms with E-state index in [2.05, 4.69) is 29.1 Å². The number of carbonyl (C=O) groups is 1. The molecule has 2 aliphatic heterocycles. The smallest absolute Gasteiger partial charge is 0.239 e. The van der Waals surface area contributed by atoms with Crippen LogP contribution in [0.4, 0.5) is 0 Å². The number of nitrogens with one attached hydrogen (secondary N) is 1. The molecule has 2 aliphatic rings. The van der Waals surface area contributed by atoms with Crippen molar-refractivity contribution < 1.29 is 4.79 Å². The summed E-state index contributed by atoms with van der Waals surface area (Å²) in [6.45, 7) is 6.01. The maximum Gasteiger partial charge on any atom is 0.239 e. The van der Waals surface area contributed by atoms with Gasteiger partial charge in [-0.3, -0.25) is 4.79 Å².